The van der Waals surface area contributed by atoms with E-state index in [-0.39, 0.29) is 11.3 Å². The van der Waals surface area contributed by atoms with Gasteiger partial charge in [-0.2, -0.15) is 0 Å². The smallest absolute Gasteiger partial charge is 0.223 e. The Kier molecular flexibility index (Phi) is 4.45. The number of carbonyl (C=O) groups is 1. The zero-order chi connectivity index (χ0) is 11.5. The van der Waals surface area contributed by atoms with Gasteiger partial charge in [-0.15, -0.1) is 11.6 Å². The fourth-order valence-corrected chi connectivity index (χ4v) is 2.23. The van der Waals surface area contributed by atoms with Gasteiger partial charge < -0.3 is 4.90 Å². The van der Waals surface area contributed by atoms with Crippen molar-refractivity contribution < 1.29 is 4.79 Å². The summed E-state index contributed by atoms with van der Waals surface area (Å²) in [4.78, 5) is 13.9. The van der Waals surface area contributed by atoms with Gasteiger partial charge in [-0.05, 0) is 24.2 Å². The molecule has 0 N–H and O–H groups in total. The summed E-state index contributed by atoms with van der Waals surface area (Å²) < 4.78 is 0. The summed E-state index contributed by atoms with van der Waals surface area (Å²) in [7, 11) is 0. The maximum Gasteiger partial charge on any atom is 0.223 e. The van der Waals surface area contributed by atoms with Crippen LogP contribution in [0.3, 0.4) is 0 Å². The standard InChI is InChI=1S/C12H22ClNO/c1-12(2,3)7-11(15)14-6-4-5-10(8-13)9-14/h10H,4-9H2,1-3H3. The minimum Gasteiger partial charge on any atom is -0.342 e. The Morgan fingerprint density at radius 1 is 1.47 bits per heavy atom. The van der Waals surface area contributed by atoms with Crippen molar-refractivity contribution in [1.82, 2.24) is 4.90 Å². The van der Waals surface area contributed by atoms with Gasteiger partial charge in [0.1, 0.15) is 0 Å². The van der Waals surface area contributed by atoms with Crippen molar-refractivity contribution in [3.8, 4) is 0 Å². The van der Waals surface area contributed by atoms with E-state index < -0.39 is 0 Å². The quantitative estimate of drug-likeness (QED) is 0.670. The largest absolute Gasteiger partial charge is 0.342 e. The molecule has 3 heteroatoms. The average molecular weight is 232 g/mol. The number of likely N-dealkylation sites (tertiary alicyclic amines) is 1. The van der Waals surface area contributed by atoms with Gasteiger partial charge >= 0.3 is 0 Å². The minimum absolute atomic E-state index is 0.0883. The lowest BCUT2D eigenvalue weighted by Gasteiger charge is -2.33. The SMILES string of the molecule is CC(C)(C)CC(=O)N1CCCC(CCl)C1. The molecule has 1 aliphatic heterocycles. The summed E-state index contributed by atoms with van der Waals surface area (Å²) in [6, 6.07) is 0. The van der Waals surface area contributed by atoms with Crippen molar-refractivity contribution in [3.05, 3.63) is 0 Å². The Morgan fingerprint density at radius 3 is 2.67 bits per heavy atom. The molecule has 1 fully saturated rings. The van der Waals surface area contributed by atoms with Crippen molar-refractivity contribution in [2.75, 3.05) is 19.0 Å². The molecule has 1 rings (SSSR count). The molecule has 15 heavy (non-hydrogen) atoms. The highest BCUT2D eigenvalue weighted by Gasteiger charge is 2.25. The van der Waals surface area contributed by atoms with Gasteiger partial charge in [-0.3, -0.25) is 4.79 Å². The zero-order valence-electron chi connectivity index (χ0n) is 10.1. The first-order valence-electron chi connectivity index (χ1n) is 5.76. The molecule has 1 atom stereocenters. The molecule has 0 radical (unpaired) electrons. The molecular formula is C12H22ClNO. The van der Waals surface area contributed by atoms with Crippen LogP contribution in [0.25, 0.3) is 0 Å². The van der Waals surface area contributed by atoms with Gasteiger partial charge in [0.05, 0.1) is 0 Å². The summed E-state index contributed by atoms with van der Waals surface area (Å²) in [5.74, 6) is 1.47. The topological polar surface area (TPSA) is 20.3 Å². The maximum absolute atomic E-state index is 12.0. The zero-order valence-corrected chi connectivity index (χ0v) is 10.8. The molecule has 1 saturated heterocycles. The molecule has 0 aromatic carbocycles. The number of piperidine rings is 1. The number of rotatable bonds is 2. The monoisotopic (exact) mass is 231 g/mol. The number of hydrogen-bond acceptors (Lipinski definition) is 1. The highest BCUT2D eigenvalue weighted by atomic mass is 35.5. The molecule has 0 bridgehead atoms. The molecule has 1 heterocycles. The van der Waals surface area contributed by atoms with Gasteiger partial charge in [-0.1, -0.05) is 20.8 Å². The second-order valence-corrected chi connectivity index (χ2v) is 6.05. The Hall–Kier alpha value is -0.240. The van der Waals surface area contributed by atoms with E-state index in [9.17, 15) is 4.79 Å². The Bertz CT molecular complexity index is 222. The van der Waals surface area contributed by atoms with Crippen LogP contribution in [0.1, 0.15) is 40.0 Å². The van der Waals surface area contributed by atoms with Crippen LogP contribution >= 0.6 is 11.6 Å². The third-order valence-corrected chi connectivity index (χ3v) is 3.21. The highest BCUT2D eigenvalue weighted by Crippen LogP contribution is 2.23. The first-order valence-corrected chi connectivity index (χ1v) is 6.29. The molecular weight excluding hydrogens is 210 g/mol. The Balaban J connectivity index is 2.45. The van der Waals surface area contributed by atoms with Gasteiger partial charge in [0.25, 0.3) is 0 Å². The molecule has 2 nitrogen and oxygen atoms in total. The van der Waals surface area contributed by atoms with Crippen LogP contribution in [0.5, 0.6) is 0 Å². The molecule has 0 aliphatic carbocycles. The molecule has 1 unspecified atom stereocenters. The van der Waals surface area contributed by atoms with E-state index in [1.165, 1.54) is 6.42 Å². The lowest BCUT2D eigenvalue weighted by atomic mass is 9.90. The number of amides is 1. The fourth-order valence-electron chi connectivity index (χ4n) is 1.98. The van der Waals surface area contributed by atoms with Crippen molar-refractivity contribution in [3.63, 3.8) is 0 Å². The summed E-state index contributed by atoms with van der Waals surface area (Å²) in [5, 5.41) is 0. The molecule has 88 valence electrons. The lowest BCUT2D eigenvalue weighted by molar-refractivity contribution is -0.134. The minimum atomic E-state index is 0.0883. The van der Waals surface area contributed by atoms with Crippen molar-refractivity contribution in [2.24, 2.45) is 11.3 Å². The number of alkyl halides is 1. The first-order chi connectivity index (χ1) is 6.92. The van der Waals surface area contributed by atoms with Crippen LogP contribution in [0.4, 0.5) is 0 Å². The molecule has 0 spiro atoms. The number of carbonyl (C=O) groups excluding carboxylic acids is 1. The molecule has 1 aliphatic rings. The predicted octanol–water partition coefficient (Wildman–Crippen LogP) is 2.90. The van der Waals surface area contributed by atoms with E-state index in [1.807, 2.05) is 4.90 Å². The van der Waals surface area contributed by atoms with E-state index in [1.54, 1.807) is 0 Å². The molecule has 0 saturated carbocycles. The number of halogens is 1. The second-order valence-electron chi connectivity index (χ2n) is 5.74. The van der Waals surface area contributed by atoms with Crippen LogP contribution in [-0.4, -0.2) is 29.8 Å². The average Bonchev–Trinajstić information content (AvgIpc) is 2.15. The van der Waals surface area contributed by atoms with Gasteiger partial charge in [0.2, 0.25) is 5.91 Å². The Labute approximate surface area is 98.0 Å². The number of nitrogens with zero attached hydrogens (tertiary/aromatic N) is 1. The first kappa shape index (κ1) is 12.8. The normalized spacial score (nSPS) is 22.9. The molecule has 0 aromatic heterocycles. The van der Waals surface area contributed by atoms with Crippen LogP contribution in [0, 0.1) is 11.3 Å². The van der Waals surface area contributed by atoms with Gasteiger partial charge in [0, 0.05) is 25.4 Å². The fraction of sp³-hybridized carbons (Fsp3) is 0.917. The predicted molar refractivity (Wildman–Crippen MR) is 64.1 cm³/mol. The summed E-state index contributed by atoms with van der Waals surface area (Å²) in [6.45, 7) is 8.09. The van der Waals surface area contributed by atoms with E-state index in [0.717, 1.165) is 19.5 Å². The summed E-state index contributed by atoms with van der Waals surface area (Å²) in [5.41, 5.74) is 0.0883. The van der Waals surface area contributed by atoms with E-state index in [4.69, 9.17) is 11.6 Å². The lowest BCUT2D eigenvalue weighted by Crippen LogP contribution is -2.41. The third-order valence-electron chi connectivity index (χ3n) is 2.77. The van der Waals surface area contributed by atoms with E-state index >= 15 is 0 Å². The highest BCUT2D eigenvalue weighted by molar-refractivity contribution is 6.18. The Morgan fingerprint density at radius 2 is 2.13 bits per heavy atom. The third kappa shape index (κ3) is 4.42. The van der Waals surface area contributed by atoms with E-state index in [0.29, 0.717) is 18.2 Å². The van der Waals surface area contributed by atoms with Crippen LogP contribution in [0.15, 0.2) is 0 Å². The summed E-state index contributed by atoms with van der Waals surface area (Å²) >= 11 is 5.85. The van der Waals surface area contributed by atoms with Crippen LogP contribution < -0.4 is 0 Å². The van der Waals surface area contributed by atoms with Gasteiger partial charge in [-0.25, -0.2) is 0 Å². The maximum atomic E-state index is 12.0. The van der Waals surface area contributed by atoms with Crippen LogP contribution in [0.2, 0.25) is 0 Å². The molecule has 0 aromatic rings. The summed E-state index contributed by atoms with van der Waals surface area (Å²) in [6.07, 6.45) is 2.91. The number of hydrogen-bond donors (Lipinski definition) is 0. The van der Waals surface area contributed by atoms with Crippen LogP contribution in [-0.2, 0) is 4.79 Å². The van der Waals surface area contributed by atoms with Crippen molar-refractivity contribution >= 4 is 17.5 Å². The molecule has 1 amide bonds. The second kappa shape index (κ2) is 5.20. The van der Waals surface area contributed by atoms with Crippen molar-refractivity contribution in [1.29, 1.82) is 0 Å². The van der Waals surface area contributed by atoms with Gasteiger partial charge in [0.15, 0.2) is 0 Å². The van der Waals surface area contributed by atoms with Crippen molar-refractivity contribution in [2.45, 2.75) is 40.0 Å². The van der Waals surface area contributed by atoms with E-state index in [2.05, 4.69) is 20.8 Å².